The van der Waals surface area contributed by atoms with E-state index in [9.17, 15) is 9.90 Å². The Bertz CT molecular complexity index is 492. The molecule has 0 aliphatic heterocycles. The van der Waals surface area contributed by atoms with Crippen LogP contribution in [0.5, 0.6) is 0 Å². The van der Waals surface area contributed by atoms with Crippen molar-refractivity contribution in [2.45, 2.75) is 50.9 Å². The van der Waals surface area contributed by atoms with Crippen molar-refractivity contribution in [3.8, 4) is 0 Å². The lowest BCUT2D eigenvalue weighted by Crippen LogP contribution is -2.44. The summed E-state index contributed by atoms with van der Waals surface area (Å²) in [6.45, 7) is 1.86. The van der Waals surface area contributed by atoms with E-state index in [1.807, 2.05) is 6.92 Å². The summed E-state index contributed by atoms with van der Waals surface area (Å²) >= 11 is 0. The van der Waals surface area contributed by atoms with Gasteiger partial charge >= 0.3 is 5.97 Å². The molecule has 4 nitrogen and oxygen atoms in total. The molecular formula is C13H16N2O2. The van der Waals surface area contributed by atoms with E-state index in [0.29, 0.717) is 5.82 Å². The smallest absolute Gasteiger partial charge is 0.315 e. The number of carboxylic acid groups (broad SMARTS) is 1. The van der Waals surface area contributed by atoms with Crippen LogP contribution >= 0.6 is 0 Å². The second-order valence-electron chi connectivity index (χ2n) is 5.14. The fourth-order valence-electron chi connectivity index (χ4n) is 3.03. The molecule has 0 aromatic carbocycles. The number of carbonyl (C=O) groups is 1. The topological polar surface area (TPSA) is 63.1 Å². The monoisotopic (exact) mass is 232 g/mol. The Labute approximate surface area is 100 Å². The molecule has 0 radical (unpaired) electrons. The molecule has 2 aliphatic carbocycles. The van der Waals surface area contributed by atoms with Crippen LogP contribution in [0.4, 0.5) is 0 Å². The number of aryl methyl sites for hydroxylation is 2. The molecule has 0 spiro atoms. The minimum Gasteiger partial charge on any atom is -0.481 e. The van der Waals surface area contributed by atoms with Crippen molar-refractivity contribution in [2.24, 2.45) is 0 Å². The highest BCUT2D eigenvalue weighted by molar-refractivity contribution is 5.82. The first-order valence-corrected chi connectivity index (χ1v) is 6.24. The SMILES string of the molecule is Cc1nc2c(c(C3(C(=O)O)CCC3)n1)CCC2. The summed E-state index contributed by atoms with van der Waals surface area (Å²) in [6, 6.07) is 0. The highest BCUT2D eigenvalue weighted by Gasteiger charge is 2.49. The lowest BCUT2D eigenvalue weighted by Gasteiger charge is -2.38. The minimum atomic E-state index is -0.712. The second kappa shape index (κ2) is 3.52. The third kappa shape index (κ3) is 1.39. The van der Waals surface area contributed by atoms with E-state index in [1.165, 1.54) is 0 Å². The number of hydrogen-bond donors (Lipinski definition) is 1. The van der Waals surface area contributed by atoms with Gasteiger partial charge in [-0.1, -0.05) is 6.42 Å². The first-order chi connectivity index (χ1) is 8.13. The normalized spacial score (nSPS) is 20.8. The number of nitrogens with zero attached hydrogens (tertiary/aromatic N) is 2. The number of rotatable bonds is 2. The second-order valence-corrected chi connectivity index (χ2v) is 5.14. The van der Waals surface area contributed by atoms with E-state index in [-0.39, 0.29) is 0 Å². The maximum Gasteiger partial charge on any atom is 0.315 e. The van der Waals surface area contributed by atoms with Crippen LogP contribution in [0.25, 0.3) is 0 Å². The molecule has 2 aliphatic rings. The summed E-state index contributed by atoms with van der Waals surface area (Å²) in [5.74, 6) is 0.00382. The molecule has 90 valence electrons. The third-order valence-electron chi connectivity index (χ3n) is 4.11. The van der Waals surface area contributed by atoms with E-state index < -0.39 is 11.4 Å². The van der Waals surface area contributed by atoms with Gasteiger partial charge in [-0.3, -0.25) is 4.79 Å². The average Bonchev–Trinajstić information content (AvgIpc) is 2.62. The van der Waals surface area contributed by atoms with Crippen LogP contribution in [0.1, 0.15) is 48.5 Å². The Kier molecular flexibility index (Phi) is 2.21. The van der Waals surface area contributed by atoms with Gasteiger partial charge in [-0.05, 0) is 44.6 Å². The lowest BCUT2D eigenvalue weighted by molar-refractivity contribution is -0.147. The van der Waals surface area contributed by atoms with Crippen LogP contribution in [0.15, 0.2) is 0 Å². The van der Waals surface area contributed by atoms with E-state index >= 15 is 0 Å². The van der Waals surface area contributed by atoms with Crippen molar-refractivity contribution in [1.82, 2.24) is 9.97 Å². The van der Waals surface area contributed by atoms with Crippen LogP contribution in [-0.2, 0) is 23.1 Å². The maximum atomic E-state index is 11.6. The van der Waals surface area contributed by atoms with Gasteiger partial charge in [-0.2, -0.15) is 0 Å². The quantitative estimate of drug-likeness (QED) is 0.844. The predicted octanol–water partition coefficient (Wildman–Crippen LogP) is 1.78. The van der Waals surface area contributed by atoms with Crippen molar-refractivity contribution in [3.63, 3.8) is 0 Å². The molecule has 1 aromatic heterocycles. The highest BCUT2D eigenvalue weighted by atomic mass is 16.4. The van der Waals surface area contributed by atoms with Gasteiger partial charge in [0.05, 0.1) is 5.69 Å². The van der Waals surface area contributed by atoms with Gasteiger partial charge < -0.3 is 5.11 Å². The molecule has 0 amide bonds. The molecule has 1 heterocycles. The molecule has 1 aromatic rings. The number of carboxylic acids is 1. The van der Waals surface area contributed by atoms with Crippen LogP contribution in [0.3, 0.4) is 0 Å². The first kappa shape index (κ1) is 10.7. The molecule has 4 heteroatoms. The summed E-state index contributed by atoms with van der Waals surface area (Å²) in [4.78, 5) is 20.5. The Morgan fingerprint density at radius 2 is 2.00 bits per heavy atom. The lowest BCUT2D eigenvalue weighted by atomic mass is 9.65. The van der Waals surface area contributed by atoms with Gasteiger partial charge in [-0.25, -0.2) is 9.97 Å². The number of fused-ring (bicyclic) bond motifs is 1. The molecular weight excluding hydrogens is 216 g/mol. The molecule has 0 unspecified atom stereocenters. The summed E-state index contributed by atoms with van der Waals surface area (Å²) < 4.78 is 0. The summed E-state index contributed by atoms with van der Waals surface area (Å²) in [7, 11) is 0. The molecule has 1 saturated carbocycles. The summed E-state index contributed by atoms with van der Waals surface area (Å²) in [5, 5.41) is 9.50. The fourth-order valence-corrected chi connectivity index (χ4v) is 3.03. The van der Waals surface area contributed by atoms with Crippen molar-refractivity contribution >= 4 is 5.97 Å². The predicted molar refractivity (Wildman–Crippen MR) is 62.0 cm³/mol. The van der Waals surface area contributed by atoms with Gasteiger partial charge in [-0.15, -0.1) is 0 Å². The molecule has 3 rings (SSSR count). The van der Waals surface area contributed by atoms with E-state index in [0.717, 1.165) is 55.5 Å². The first-order valence-electron chi connectivity index (χ1n) is 6.24. The molecule has 1 fully saturated rings. The number of hydrogen-bond acceptors (Lipinski definition) is 3. The van der Waals surface area contributed by atoms with Gasteiger partial charge in [0, 0.05) is 5.69 Å². The van der Waals surface area contributed by atoms with Crippen LogP contribution in [0, 0.1) is 6.92 Å². The Balaban J connectivity index is 2.17. The Morgan fingerprint density at radius 1 is 1.24 bits per heavy atom. The van der Waals surface area contributed by atoms with Crippen molar-refractivity contribution < 1.29 is 9.90 Å². The summed E-state index contributed by atoms with van der Waals surface area (Å²) in [5.41, 5.74) is 2.32. The van der Waals surface area contributed by atoms with Crippen LogP contribution in [-0.4, -0.2) is 21.0 Å². The van der Waals surface area contributed by atoms with Crippen molar-refractivity contribution in [1.29, 1.82) is 0 Å². The zero-order chi connectivity index (χ0) is 12.0. The van der Waals surface area contributed by atoms with Crippen molar-refractivity contribution in [2.75, 3.05) is 0 Å². The number of aromatic nitrogens is 2. The molecule has 0 atom stereocenters. The van der Waals surface area contributed by atoms with E-state index in [1.54, 1.807) is 0 Å². The molecule has 17 heavy (non-hydrogen) atoms. The van der Waals surface area contributed by atoms with Crippen molar-refractivity contribution in [3.05, 3.63) is 22.8 Å². The van der Waals surface area contributed by atoms with Gasteiger partial charge in [0.15, 0.2) is 0 Å². The zero-order valence-corrected chi connectivity index (χ0v) is 9.99. The van der Waals surface area contributed by atoms with Gasteiger partial charge in [0.2, 0.25) is 0 Å². The van der Waals surface area contributed by atoms with E-state index in [4.69, 9.17) is 0 Å². The van der Waals surface area contributed by atoms with Gasteiger partial charge in [0.1, 0.15) is 11.2 Å². The number of aliphatic carboxylic acids is 1. The molecule has 0 saturated heterocycles. The third-order valence-corrected chi connectivity index (χ3v) is 4.11. The maximum absolute atomic E-state index is 11.6. The molecule has 1 N–H and O–H groups in total. The van der Waals surface area contributed by atoms with Gasteiger partial charge in [0.25, 0.3) is 0 Å². The molecule has 0 bridgehead atoms. The largest absolute Gasteiger partial charge is 0.481 e. The highest BCUT2D eigenvalue weighted by Crippen LogP contribution is 2.45. The van der Waals surface area contributed by atoms with Crippen LogP contribution < -0.4 is 0 Å². The summed E-state index contributed by atoms with van der Waals surface area (Å²) in [6.07, 6.45) is 5.44. The standard InChI is InChI=1S/C13H16N2O2/c1-8-14-10-5-2-4-9(10)11(15-8)13(12(16)17)6-3-7-13/h2-7H2,1H3,(H,16,17). The average molecular weight is 232 g/mol. The minimum absolute atomic E-state index is 0.706. The Morgan fingerprint density at radius 3 is 2.59 bits per heavy atom. The Hall–Kier alpha value is -1.45. The van der Waals surface area contributed by atoms with Crippen LogP contribution in [0.2, 0.25) is 0 Å². The zero-order valence-electron chi connectivity index (χ0n) is 9.99. The van der Waals surface area contributed by atoms with E-state index in [2.05, 4.69) is 9.97 Å². The fraction of sp³-hybridized carbons (Fsp3) is 0.615.